The predicted molar refractivity (Wildman–Crippen MR) is 99.0 cm³/mol. The molecule has 1 unspecified atom stereocenters. The van der Waals surface area contributed by atoms with Gasteiger partial charge in [-0.15, -0.1) is 0 Å². The topological polar surface area (TPSA) is 67.4 Å². The minimum atomic E-state index is -1.18. The lowest BCUT2D eigenvalue weighted by atomic mass is 10.1. The number of amides is 2. The molecule has 1 aliphatic heterocycles. The maximum Gasteiger partial charge on any atom is 0.250 e. The number of ether oxygens (including phenoxy) is 1. The van der Waals surface area contributed by atoms with Crippen LogP contribution in [0.1, 0.15) is 12.5 Å². The van der Waals surface area contributed by atoms with Crippen LogP contribution >= 0.6 is 11.8 Å². The first-order valence-corrected chi connectivity index (χ1v) is 8.85. The Morgan fingerprint density at radius 1 is 1.24 bits per heavy atom. The molecule has 0 spiro atoms. The number of hydrogen-bond acceptors (Lipinski definition) is 4. The lowest BCUT2D eigenvalue weighted by Crippen LogP contribution is -2.52. The second-order valence-corrected chi connectivity index (χ2v) is 7.40. The molecular formula is C19H20N2O3S. The van der Waals surface area contributed by atoms with Crippen LogP contribution in [-0.2, 0) is 16.0 Å². The summed E-state index contributed by atoms with van der Waals surface area (Å²) in [5.74, 6) is 0.206. The number of anilines is 1. The number of thioether (sulfide) groups is 1. The van der Waals surface area contributed by atoms with Crippen LogP contribution < -0.4 is 15.4 Å². The Morgan fingerprint density at radius 2 is 2.04 bits per heavy atom. The number of carbonyl (C=O) groups excluding carboxylic acids is 2. The van der Waals surface area contributed by atoms with E-state index in [1.54, 1.807) is 14.0 Å². The van der Waals surface area contributed by atoms with Crippen molar-refractivity contribution in [3.05, 3.63) is 54.1 Å². The highest BCUT2D eigenvalue weighted by atomic mass is 32.2. The number of methoxy groups -OCH3 is 1. The normalized spacial score (nSPS) is 18.9. The number of para-hydroxylation sites is 1. The number of benzene rings is 2. The summed E-state index contributed by atoms with van der Waals surface area (Å²) >= 11 is 1.28. The first-order valence-electron chi connectivity index (χ1n) is 8.03. The summed E-state index contributed by atoms with van der Waals surface area (Å²) in [7, 11) is 1.62. The van der Waals surface area contributed by atoms with Gasteiger partial charge in [-0.25, -0.2) is 0 Å². The van der Waals surface area contributed by atoms with Crippen molar-refractivity contribution in [3.8, 4) is 5.75 Å². The lowest BCUT2D eigenvalue weighted by molar-refractivity contribution is -0.129. The van der Waals surface area contributed by atoms with Gasteiger partial charge in [-0.1, -0.05) is 36.0 Å². The van der Waals surface area contributed by atoms with Gasteiger partial charge in [-0.3, -0.25) is 9.59 Å². The summed E-state index contributed by atoms with van der Waals surface area (Å²) < 4.78 is 4.02. The van der Waals surface area contributed by atoms with E-state index in [1.165, 1.54) is 11.8 Å². The van der Waals surface area contributed by atoms with E-state index in [-0.39, 0.29) is 11.8 Å². The van der Waals surface area contributed by atoms with Crippen molar-refractivity contribution < 1.29 is 14.3 Å². The molecule has 2 aromatic carbocycles. The fourth-order valence-corrected chi connectivity index (χ4v) is 3.76. The minimum absolute atomic E-state index is 0.285. The van der Waals surface area contributed by atoms with Crippen LogP contribution in [0, 0.1) is 0 Å². The molecule has 0 fully saturated rings. The number of carbonyl (C=O) groups is 2. The van der Waals surface area contributed by atoms with Crippen molar-refractivity contribution in [1.29, 1.82) is 0 Å². The predicted octanol–water partition coefficient (Wildman–Crippen LogP) is 2.86. The van der Waals surface area contributed by atoms with Crippen LogP contribution in [0.15, 0.2) is 53.4 Å². The van der Waals surface area contributed by atoms with Crippen molar-refractivity contribution >= 4 is 29.3 Å². The quantitative estimate of drug-likeness (QED) is 0.809. The summed E-state index contributed by atoms with van der Waals surface area (Å²) in [6, 6.07) is 15.2. The SMILES string of the molecule is COc1cccc(CCNC(=O)C2(C)Sc3ccccc3NC2=O)c1. The molecule has 0 saturated heterocycles. The smallest absolute Gasteiger partial charge is 0.250 e. The highest BCUT2D eigenvalue weighted by molar-refractivity contribution is 8.02. The molecule has 1 heterocycles. The Kier molecular flexibility index (Phi) is 4.99. The Bertz CT molecular complexity index is 809. The highest BCUT2D eigenvalue weighted by Gasteiger charge is 2.45. The van der Waals surface area contributed by atoms with Gasteiger partial charge in [0.15, 0.2) is 4.75 Å². The van der Waals surface area contributed by atoms with E-state index in [9.17, 15) is 9.59 Å². The molecule has 2 N–H and O–H groups in total. The van der Waals surface area contributed by atoms with Gasteiger partial charge < -0.3 is 15.4 Å². The van der Waals surface area contributed by atoms with E-state index < -0.39 is 4.75 Å². The first kappa shape index (κ1) is 17.4. The number of nitrogens with one attached hydrogen (secondary N) is 2. The molecule has 2 amide bonds. The van der Waals surface area contributed by atoms with Crippen molar-refractivity contribution in [2.24, 2.45) is 0 Å². The van der Waals surface area contributed by atoms with E-state index in [2.05, 4.69) is 10.6 Å². The van der Waals surface area contributed by atoms with Crippen LogP contribution in [-0.4, -0.2) is 30.2 Å². The van der Waals surface area contributed by atoms with Crippen LogP contribution in [0.25, 0.3) is 0 Å². The Hall–Kier alpha value is -2.47. The average Bonchev–Trinajstić information content (AvgIpc) is 2.62. The fraction of sp³-hybridized carbons (Fsp3) is 0.263. The molecular weight excluding hydrogens is 336 g/mol. The molecule has 0 aliphatic carbocycles. The summed E-state index contributed by atoms with van der Waals surface area (Å²) in [5, 5.41) is 5.70. The second-order valence-electron chi connectivity index (χ2n) is 5.94. The summed E-state index contributed by atoms with van der Waals surface area (Å²) in [6.07, 6.45) is 0.669. The molecule has 0 radical (unpaired) electrons. The maximum absolute atomic E-state index is 12.6. The largest absolute Gasteiger partial charge is 0.497 e. The molecule has 5 nitrogen and oxygen atoms in total. The van der Waals surface area contributed by atoms with E-state index in [0.717, 1.165) is 21.9 Å². The molecule has 1 aliphatic rings. The van der Waals surface area contributed by atoms with E-state index in [1.807, 2.05) is 48.5 Å². The highest BCUT2D eigenvalue weighted by Crippen LogP contribution is 2.42. The number of rotatable bonds is 5. The minimum Gasteiger partial charge on any atom is -0.497 e. The zero-order valence-electron chi connectivity index (χ0n) is 14.2. The second kappa shape index (κ2) is 7.19. The molecule has 3 rings (SSSR count). The fourth-order valence-electron chi connectivity index (χ4n) is 2.63. The molecule has 0 saturated carbocycles. The average molecular weight is 356 g/mol. The van der Waals surface area contributed by atoms with Crippen LogP contribution in [0.4, 0.5) is 5.69 Å². The summed E-state index contributed by atoms with van der Waals surface area (Å²) in [4.78, 5) is 26.0. The molecule has 0 bridgehead atoms. The van der Waals surface area contributed by atoms with E-state index >= 15 is 0 Å². The molecule has 1 atom stereocenters. The molecule has 0 aromatic heterocycles. The van der Waals surface area contributed by atoms with Gasteiger partial charge >= 0.3 is 0 Å². The standard InChI is InChI=1S/C19H20N2O3S/c1-19(18(23)21-15-8-3-4-9-16(15)25-19)17(22)20-11-10-13-6-5-7-14(12-13)24-2/h3-9,12H,10-11H2,1-2H3,(H,20,22)(H,21,23). The Labute approximate surface area is 151 Å². The van der Waals surface area contributed by atoms with Crippen molar-refractivity contribution in [1.82, 2.24) is 5.32 Å². The van der Waals surface area contributed by atoms with Crippen molar-refractivity contribution in [2.75, 3.05) is 19.0 Å². The van der Waals surface area contributed by atoms with Gasteiger partial charge in [0.2, 0.25) is 11.8 Å². The van der Waals surface area contributed by atoms with Gasteiger partial charge in [0, 0.05) is 11.4 Å². The van der Waals surface area contributed by atoms with E-state index in [0.29, 0.717) is 13.0 Å². The van der Waals surface area contributed by atoms with Gasteiger partial charge in [-0.2, -0.15) is 0 Å². The third kappa shape index (κ3) is 3.64. The number of fused-ring (bicyclic) bond motifs is 1. The molecule has 2 aromatic rings. The first-order chi connectivity index (χ1) is 12.0. The van der Waals surface area contributed by atoms with Gasteiger partial charge in [-0.05, 0) is 43.2 Å². The van der Waals surface area contributed by atoms with Gasteiger partial charge in [0.05, 0.1) is 12.8 Å². The summed E-state index contributed by atoms with van der Waals surface area (Å²) in [5.41, 5.74) is 1.81. The lowest BCUT2D eigenvalue weighted by Gasteiger charge is -2.31. The Morgan fingerprint density at radius 3 is 2.84 bits per heavy atom. The van der Waals surface area contributed by atoms with Crippen LogP contribution in [0.2, 0.25) is 0 Å². The van der Waals surface area contributed by atoms with Gasteiger partial charge in [0.25, 0.3) is 0 Å². The third-order valence-electron chi connectivity index (χ3n) is 4.15. The monoisotopic (exact) mass is 356 g/mol. The van der Waals surface area contributed by atoms with E-state index in [4.69, 9.17) is 4.74 Å². The maximum atomic E-state index is 12.6. The zero-order chi connectivity index (χ0) is 17.9. The molecule has 25 heavy (non-hydrogen) atoms. The Balaban J connectivity index is 1.63. The van der Waals surface area contributed by atoms with Crippen molar-refractivity contribution in [2.45, 2.75) is 23.0 Å². The third-order valence-corrected chi connectivity index (χ3v) is 5.50. The van der Waals surface area contributed by atoms with Crippen LogP contribution in [0.5, 0.6) is 5.75 Å². The summed E-state index contributed by atoms with van der Waals surface area (Å²) in [6.45, 7) is 2.11. The number of hydrogen-bond donors (Lipinski definition) is 2. The molecule has 6 heteroatoms. The zero-order valence-corrected chi connectivity index (χ0v) is 15.0. The van der Waals surface area contributed by atoms with Crippen molar-refractivity contribution in [3.63, 3.8) is 0 Å². The molecule has 130 valence electrons. The van der Waals surface area contributed by atoms with Gasteiger partial charge in [0.1, 0.15) is 5.75 Å². The van der Waals surface area contributed by atoms with Crippen LogP contribution in [0.3, 0.4) is 0 Å².